The van der Waals surface area contributed by atoms with Crippen LogP contribution < -0.4 is 0 Å². The number of allylic oxidation sites excluding steroid dienone is 4. The van der Waals surface area contributed by atoms with Gasteiger partial charge in [-0.3, -0.25) is 4.79 Å². The van der Waals surface area contributed by atoms with E-state index in [9.17, 15) is 15.2 Å². The molecule has 2 saturated carbocycles. The van der Waals surface area contributed by atoms with E-state index in [0.29, 0.717) is 24.7 Å². The van der Waals surface area contributed by atoms with Crippen molar-refractivity contribution in [3.8, 4) is 6.07 Å². The van der Waals surface area contributed by atoms with Crippen LogP contribution in [-0.2, 0) is 4.79 Å². The average Bonchev–Trinajstić information content (AvgIpc) is 2.80. The molecule has 0 amide bonds. The smallest absolute Gasteiger partial charge is 0.156 e. The fourth-order valence-electron chi connectivity index (χ4n) is 6.05. The van der Waals surface area contributed by atoms with Crippen LogP contribution >= 0.6 is 0 Å². The molecule has 0 spiro atoms. The van der Waals surface area contributed by atoms with E-state index >= 15 is 0 Å². The minimum absolute atomic E-state index is 0.0332. The van der Waals surface area contributed by atoms with Crippen LogP contribution in [0.25, 0.3) is 0 Å². The normalized spacial score (nSPS) is 48.5. The quantitative estimate of drug-likeness (QED) is 0.548. The number of hydrogen-bond acceptors (Lipinski definition) is 3. The van der Waals surface area contributed by atoms with E-state index < -0.39 is 5.60 Å². The molecule has 0 aromatic carbocycles. The Hall–Kier alpha value is -1.40. The Bertz CT molecular complexity index is 684. The maximum atomic E-state index is 11.8. The molecule has 2 unspecified atom stereocenters. The number of nitriles is 1. The van der Waals surface area contributed by atoms with Gasteiger partial charge in [0.05, 0.1) is 6.07 Å². The van der Waals surface area contributed by atoms with E-state index in [0.717, 1.165) is 32.1 Å². The standard InChI is InChI=1S/C20H25NO2/c1-18-8-5-14(22)11-13(18)3-4-15-16(18)6-9-19(2)17(15)7-10-20(19,23)12-21/h6,11,15,17,23H,3-5,7-10H2,1-2H3/t15?,17?,18-,19-,20-/m0/s1. The van der Waals surface area contributed by atoms with Crippen LogP contribution in [0.4, 0.5) is 0 Å². The van der Waals surface area contributed by atoms with Gasteiger partial charge in [-0.05, 0) is 56.4 Å². The van der Waals surface area contributed by atoms with Gasteiger partial charge in [0.15, 0.2) is 11.4 Å². The Labute approximate surface area is 138 Å². The predicted molar refractivity (Wildman–Crippen MR) is 87.2 cm³/mol. The van der Waals surface area contributed by atoms with Crippen LogP contribution in [0.15, 0.2) is 23.3 Å². The van der Waals surface area contributed by atoms with Crippen molar-refractivity contribution in [2.75, 3.05) is 0 Å². The van der Waals surface area contributed by atoms with E-state index in [4.69, 9.17) is 0 Å². The highest BCUT2D eigenvalue weighted by molar-refractivity contribution is 5.92. The molecule has 0 bridgehead atoms. The Balaban J connectivity index is 1.78. The molecular formula is C20H25NO2. The largest absolute Gasteiger partial charge is 0.375 e. The van der Waals surface area contributed by atoms with Gasteiger partial charge >= 0.3 is 0 Å². The molecule has 0 heterocycles. The van der Waals surface area contributed by atoms with Crippen molar-refractivity contribution in [2.45, 2.75) is 64.4 Å². The third-order valence-corrected chi connectivity index (χ3v) is 7.67. The maximum Gasteiger partial charge on any atom is 0.156 e. The number of ketones is 1. The molecule has 4 aliphatic rings. The van der Waals surface area contributed by atoms with Crippen molar-refractivity contribution < 1.29 is 9.90 Å². The summed E-state index contributed by atoms with van der Waals surface area (Å²) in [6, 6.07) is 2.22. The number of fused-ring (bicyclic) bond motifs is 5. The van der Waals surface area contributed by atoms with Gasteiger partial charge in [0, 0.05) is 17.3 Å². The summed E-state index contributed by atoms with van der Waals surface area (Å²) >= 11 is 0. The van der Waals surface area contributed by atoms with Crippen molar-refractivity contribution >= 4 is 5.78 Å². The SMILES string of the molecule is C[C@]12CCC(=O)C=C1CCC1C2=CC[C@@]2(C)C1CC[C@]2(O)C#N. The summed E-state index contributed by atoms with van der Waals surface area (Å²) in [6.45, 7) is 4.41. The monoisotopic (exact) mass is 311 g/mol. The molecule has 0 aromatic heterocycles. The summed E-state index contributed by atoms with van der Waals surface area (Å²) in [6.07, 6.45) is 10.2. The number of aliphatic hydroxyl groups is 1. The predicted octanol–water partition coefficient (Wildman–Crippen LogP) is 3.69. The second-order valence-electron chi connectivity index (χ2n) is 8.51. The summed E-state index contributed by atoms with van der Waals surface area (Å²) in [7, 11) is 0. The molecule has 5 atom stereocenters. The lowest BCUT2D eigenvalue weighted by molar-refractivity contribution is -0.115. The second kappa shape index (κ2) is 4.57. The highest BCUT2D eigenvalue weighted by atomic mass is 16.3. The van der Waals surface area contributed by atoms with Gasteiger partial charge in [-0.25, -0.2) is 0 Å². The molecule has 4 aliphatic carbocycles. The number of hydrogen-bond donors (Lipinski definition) is 1. The van der Waals surface area contributed by atoms with Gasteiger partial charge in [-0.1, -0.05) is 31.1 Å². The molecule has 3 heteroatoms. The van der Waals surface area contributed by atoms with Crippen LogP contribution in [-0.4, -0.2) is 16.5 Å². The fraction of sp³-hybridized carbons (Fsp3) is 0.700. The summed E-state index contributed by atoms with van der Waals surface area (Å²) in [5, 5.41) is 20.4. The van der Waals surface area contributed by atoms with Gasteiger partial charge in [-0.2, -0.15) is 5.26 Å². The minimum atomic E-state index is -1.18. The fourth-order valence-corrected chi connectivity index (χ4v) is 6.05. The summed E-state index contributed by atoms with van der Waals surface area (Å²) < 4.78 is 0. The highest BCUT2D eigenvalue weighted by Crippen LogP contribution is 2.65. The molecule has 2 fully saturated rings. The third kappa shape index (κ3) is 1.76. The van der Waals surface area contributed by atoms with Gasteiger partial charge in [0.2, 0.25) is 0 Å². The van der Waals surface area contributed by atoms with E-state index in [2.05, 4.69) is 26.0 Å². The van der Waals surface area contributed by atoms with Crippen LogP contribution in [0.3, 0.4) is 0 Å². The molecule has 1 N–H and O–H groups in total. The van der Waals surface area contributed by atoms with Crippen LogP contribution in [0.2, 0.25) is 0 Å². The van der Waals surface area contributed by atoms with Crippen LogP contribution in [0.5, 0.6) is 0 Å². The second-order valence-corrected chi connectivity index (χ2v) is 8.51. The van der Waals surface area contributed by atoms with E-state index in [1.54, 1.807) is 0 Å². The van der Waals surface area contributed by atoms with Crippen molar-refractivity contribution in [2.24, 2.45) is 22.7 Å². The first-order chi connectivity index (χ1) is 10.8. The molecule has 4 rings (SSSR count). The molecular weight excluding hydrogens is 286 g/mol. The molecule has 0 aliphatic heterocycles. The molecule has 23 heavy (non-hydrogen) atoms. The highest BCUT2D eigenvalue weighted by Gasteiger charge is 2.62. The minimum Gasteiger partial charge on any atom is -0.375 e. The zero-order valence-corrected chi connectivity index (χ0v) is 14.1. The van der Waals surface area contributed by atoms with Crippen molar-refractivity contribution in [1.29, 1.82) is 5.26 Å². The molecule has 0 aromatic rings. The van der Waals surface area contributed by atoms with Gasteiger partial charge < -0.3 is 5.11 Å². The van der Waals surface area contributed by atoms with E-state index in [1.165, 1.54) is 11.1 Å². The molecule has 0 saturated heterocycles. The van der Waals surface area contributed by atoms with Gasteiger partial charge in [-0.15, -0.1) is 0 Å². The molecule has 0 radical (unpaired) electrons. The average molecular weight is 311 g/mol. The van der Waals surface area contributed by atoms with Gasteiger partial charge in [0.25, 0.3) is 0 Å². The zero-order chi connectivity index (χ0) is 16.5. The Kier molecular flexibility index (Phi) is 3.01. The number of rotatable bonds is 0. The summed E-state index contributed by atoms with van der Waals surface area (Å²) in [5.74, 6) is 1.13. The van der Waals surface area contributed by atoms with Crippen molar-refractivity contribution in [1.82, 2.24) is 0 Å². The Morgan fingerprint density at radius 2 is 2.04 bits per heavy atom. The lowest BCUT2D eigenvalue weighted by atomic mass is 9.51. The van der Waals surface area contributed by atoms with E-state index in [-0.39, 0.29) is 16.6 Å². The number of carbonyl (C=O) groups is 1. The van der Waals surface area contributed by atoms with Crippen LogP contribution in [0.1, 0.15) is 58.8 Å². The molecule has 3 nitrogen and oxygen atoms in total. The number of nitrogens with zero attached hydrogens (tertiary/aromatic N) is 1. The lowest BCUT2D eigenvalue weighted by Crippen LogP contribution is -2.50. The van der Waals surface area contributed by atoms with Crippen molar-refractivity contribution in [3.63, 3.8) is 0 Å². The first-order valence-corrected chi connectivity index (χ1v) is 8.92. The summed E-state index contributed by atoms with van der Waals surface area (Å²) in [5.41, 5.74) is 1.34. The zero-order valence-electron chi connectivity index (χ0n) is 14.1. The Morgan fingerprint density at radius 3 is 2.78 bits per heavy atom. The van der Waals surface area contributed by atoms with E-state index in [1.807, 2.05) is 6.08 Å². The Morgan fingerprint density at radius 1 is 1.26 bits per heavy atom. The maximum absolute atomic E-state index is 11.8. The lowest BCUT2D eigenvalue weighted by Gasteiger charge is -2.53. The first kappa shape index (κ1) is 15.1. The topological polar surface area (TPSA) is 61.1 Å². The number of carbonyl (C=O) groups excluding carboxylic acids is 1. The third-order valence-electron chi connectivity index (χ3n) is 7.67. The summed E-state index contributed by atoms with van der Waals surface area (Å²) in [4.78, 5) is 11.8. The van der Waals surface area contributed by atoms with Crippen LogP contribution in [0, 0.1) is 34.0 Å². The van der Waals surface area contributed by atoms with Crippen molar-refractivity contribution in [3.05, 3.63) is 23.3 Å². The van der Waals surface area contributed by atoms with Gasteiger partial charge in [0.1, 0.15) is 0 Å². The molecule has 122 valence electrons. The first-order valence-electron chi connectivity index (χ1n) is 8.92.